The molecule has 4 nitrogen and oxygen atoms in total. The Balaban J connectivity index is 0.980. The fourth-order valence-electron chi connectivity index (χ4n) is 14.5. The van der Waals surface area contributed by atoms with E-state index in [1.54, 1.807) is 0 Å². The minimum Gasteiger partial charge on any atom is -0.454 e. The minimum absolute atomic E-state index is 0.222. The van der Waals surface area contributed by atoms with Gasteiger partial charge in [0.15, 0.2) is 11.2 Å². The van der Waals surface area contributed by atoms with Crippen molar-refractivity contribution in [2.24, 2.45) is 0 Å². The minimum atomic E-state index is -0.643. The van der Waals surface area contributed by atoms with Crippen LogP contribution < -0.4 is 9.80 Å². The van der Waals surface area contributed by atoms with E-state index in [1.165, 1.54) is 77.2 Å². The van der Waals surface area contributed by atoms with Crippen LogP contribution in [0.25, 0.3) is 87.7 Å². The van der Waals surface area contributed by atoms with Gasteiger partial charge < -0.3 is 18.6 Å². The van der Waals surface area contributed by atoms with Crippen LogP contribution in [0.3, 0.4) is 0 Å². The molecule has 0 bridgehead atoms. The standard InChI is InChI=1S/C77H58N2O2/c1-45(2)61-43-65-66-44-62(46(3)4)64-42-52(79(50-25-11-8-12-26-50)70-36-20-32-60-58-30-18-22-48(6)74(58)81-76(60)70)38-40-56(64)72(66)77(67-33-15-13-27-53(67)54-28-14-16-34-68(54)77)71(65)55-39-37-51(41-63(55)61)78(49-23-9-7-10-24-49)69-35-19-31-59-57-29-17-21-47(5)73(57)80-75(59)69/h7-46H,1-6H3. The van der Waals surface area contributed by atoms with Crippen LogP contribution in [-0.2, 0) is 5.41 Å². The van der Waals surface area contributed by atoms with Gasteiger partial charge >= 0.3 is 0 Å². The summed E-state index contributed by atoms with van der Waals surface area (Å²) in [6, 6.07) is 85.8. The number of benzene rings is 12. The zero-order valence-electron chi connectivity index (χ0n) is 46.3. The molecule has 12 aromatic carbocycles. The summed E-state index contributed by atoms with van der Waals surface area (Å²) >= 11 is 0. The number of rotatable bonds is 8. The van der Waals surface area contributed by atoms with Gasteiger partial charge in [0.05, 0.1) is 16.8 Å². The smallest absolute Gasteiger partial charge is 0.159 e. The lowest BCUT2D eigenvalue weighted by molar-refractivity contribution is 0.665. The van der Waals surface area contributed by atoms with Crippen molar-refractivity contribution in [3.05, 3.63) is 275 Å². The third-order valence-electron chi connectivity index (χ3n) is 18.0. The van der Waals surface area contributed by atoms with Gasteiger partial charge in [-0.05, 0) is 187 Å². The predicted octanol–water partition coefficient (Wildman–Crippen LogP) is 21.9. The lowest BCUT2D eigenvalue weighted by Crippen LogP contribution is -2.27. The number of hydrogen-bond acceptors (Lipinski definition) is 4. The zero-order chi connectivity index (χ0) is 54.4. The number of hydrogen-bond donors (Lipinski definition) is 0. The van der Waals surface area contributed by atoms with Gasteiger partial charge in [0.2, 0.25) is 0 Å². The maximum atomic E-state index is 6.92. The highest BCUT2D eigenvalue weighted by Crippen LogP contribution is 2.67. The summed E-state index contributed by atoms with van der Waals surface area (Å²) < 4.78 is 13.8. The summed E-state index contributed by atoms with van der Waals surface area (Å²) in [4.78, 5) is 4.80. The van der Waals surface area contributed by atoms with Crippen LogP contribution in [0, 0.1) is 13.8 Å². The maximum absolute atomic E-state index is 6.92. The molecule has 2 aromatic heterocycles. The van der Waals surface area contributed by atoms with Crippen LogP contribution in [0.5, 0.6) is 0 Å². The number of anilines is 6. The monoisotopic (exact) mass is 1040 g/mol. The fourth-order valence-corrected chi connectivity index (χ4v) is 14.5. The van der Waals surface area contributed by atoms with E-state index < -0.39 is 5.41 Å². The Labute approximate surface area is 471 Å². The van der Waals surface area contributed by atoms with Gasteiger partial charge in [-0.25, -0.2) is 0 Å². The van der Waals surface area contributed by atoms with Crippen LogP contribution in [-0.4, -0.2) is 0 Å². The Morgan fingerprint density at radius 2 is 0.691 bits per heavy atom. The number of para-hydroxylation sites is 6. The third-order valence-corrected chi connectivity index (χ3v) is 18.0. The van der Waals surface area contributed by atoms with Crippen LogP contribution in [0.4, 0.5) is 34.1 Å². The molecule has 0 aliphatic heterocycles. The summed E-state index contributed by atoms with van der Waals surface area (Å²) in [5, 5.41) is 9.54. The highest BCUT2D eigenvalue weighted by molar-refractivity contribution is 6.15. The highest BCUT2D eigenvalue weighted by Gasteiger charge is 2.54. The average molecular weight is 1040 g/mol. The number of nitrogens with zero attached hydrogens (tertiary/aromatic N) is 2. The van der Waals surface area contributed by atoms with Crippen LogP contribution >= 0.6 is 0 Å². The van der Waals surface area contributed by atoms with E-state index in [0.717, 1.165) is 89.1 Å². The Morgan fingerprint density at radius 3 is 1.11 bits per heavy atom. The number of fused-ring (bicyclic) bond motifs is 20. The Morgan fingerprint density at radius 1 is 0.309 bits per heavy atom. The van der Waals surface area contributed by atoms with Crippen molar-refractivity contribution < 1.29 is 8.83 Å². The van der Waals surface area contributed by atoms with E-state index in [-0.39, 0.29) is 11.8 Å². The van der Waals surface area contributed by atoms with Gasteiger partial charge in [-0.3, -0.25) is 0 Å². The molecule has 2 aliphatic carbocycles. The zero-order valence-corrected chi connectivity index (χ0v) is 46.3. The molecule has 0 fully saturated rings. The molecule has 388 valence electrons. The lowest BCUT2D eigenvalue weighted by Gasteiger charge is -2.34. The molecule has 0 unspecified atom stereocenters. The molecular formula is C77H58N2O2. The Bertz CT molecular complexity index is 4610. The van der Waals surface area contributed by atoms with Gasteiger partial charge in [-0.2, -0.15) is 0 Å². The van der Waals surface area contributed by atoms with Crippen molar-refractivity contribution in [2.75, 3.05) is 9.80 Å². The quantitative estimate of drug-likeness (QED) is 0.152. The molecule has 81 heavy (non-hydrogen) atoms. The molecule has 0 atom stereocenters. The number of aryl methyl sites for hydroxylation is 2. The van der Waals surface area contributed by atoms with Crippen LogP contribution in [0.15, 0.2) is 239 Å². The topological polar surface area (TPSA) is 32.8 Å². The molecule has 16 rings (SSSR count). The van der Waals surface area contributed by atoms with E-state index >= 15 is 0 Å². The second kappa shape index (κ2) is 17.7. The first-order chi connectivity index (χ1) is 39.7. The first-order valence-electron chi connectivity index (χ1n) is 28.6. The molecule has 2 heterocycles. The third kappa shape index (κ3) is 6.65. The molecule has 0 N–H and O–H groups in total. The molecule has 2 aliphatic rings. The SMILES string of the molecule is Cc1cccc2c1oc1c(N(c3ccccc3)c3ccc4c5c(cc(C(C)C)c4c3)-c3cc(C(C)C)c4cc(N(c6ccccc6)c6cccc7c6oc6c(C)cccc67)ccc4c3C53c4ccccc4-c4ccccc43)cccc12. The molecule has 0 amide bonds. The second-order valence-corrected chi connectivity index (χ2v) is 23.1. The van der Waals surface area contributed by atoms with Crippen molar-refractivity contribution in [1.29, 1.82) is 0 Å². The first-order valence-corrected chi connectivity index (χ1v) is 28.6. The summed E-state index contributed by atoms with van der Waals surface area (Å²) in [5.74, 6) is 0.444. The molecule has 0 saturated heterocycles. The van der Waals surface area contributed by atoms with E-state index in [0.29, 0.717) is 0 Å². The summed E-state index contributed by atoms with van der Waals surface area (Å²) in [6.07, 6.45) is 0. The molecule has 0 radical (unpaired) electrons. The van der Waals surface area contributed by atoms with Crippen molar-refractivity contribution in [2.45, 2.75) is 58.8 Å². The lowest BCUT2D eigenvalue weighted by atomic mass is 9.67. The van der Waals surface area contributed by atoms with E-state index in [1.807, 2.05) is 0 Å². The van der Waals surface area contributed by atoms with Crippen LogP contribution in [0.1, 0.15) is 84.0 Å². The van der Waals surface area contributed by atoms with Crippen LogP contribution in [0.2, 0.25) is 0 Å². The van der Waals surface area contributed by atoms with Gasteiger partial charge in [0.1, 0.15) is 11.2 Å². The molecule has 4 heteroatoms. The van der Waals surface area contributed by atoms with Gasteiger partial charge in [-0.15, -0.1) is 0 Å². The largest absolute Gasteiger partial charge is 0.454 e. The van der Waals surface area contributed by atoms with E-state index in [2.05, 4.69) is 282 Å². The summed E-state index contributed by atoms with van der Waals surface area (Å²) in [5.41, 5.74) is 24.7. The first kappa shape index (κ1) is 47.4. The van der Waals surface area contributed by atoms with Gasteiger partial charge in [-0.1, -0.05) is 185 Å². The Kier molecular flexibility index (Phi) is 10.3. The van der Waals surface area contributed by atoms with Crippen molar-refractivity contribution >= 4 is 99.5 Å². The second-order valence-electron chi connectivity index (χ2n) is 23.1. The average Bonchev–Trinajstić information content (AvgIpc) is 1.91. The molecular weight excluding hydrogens is 985 g/mol. The fraction of sp³-hybridized carbons (Fsp3) is 0.117. The molecule has 0 saturated carbocycles. The maximum Gasteiger partial charge on any atom is 0.159 e. The Hall–Kier alpha value is -9.64. The highest BCUT2D eigenvalue weighted by atomic mass is 16.3. The normalized spacial score (nSPS) is 13.1. The summed E-state index contributed by atoms with van der Waals surface area (Å²) in [6.45, 7) is 13.7. The van der Waals surface area contributed by atoms with Crippen molar-refractivity contribution in [1.82, 2.24) is 0 Å². The van der Waals surface area contributed by atoms with Gasteiger partial charge in [0, 0.05) is 44.3 Å². The van der Waals surface area contributed by atoms with E-state index in [4.69, 9.17) is 8.83 Å². The molecule has 1 spiro atoms. The van der Waals surface area contributed by atoms with Gasteiger partial charge in [0.25, 0.3) is 0 Å². The molecule has 14 aromatic rings. The van der Waals surface area contributed by atoms with Crippen molar-refractivity contribution in [3.63, 3.8) is 0 Å². The van der Waals surface area contributed by atoms with Crippen molar-refractivity contribution in [3.8, 4) is 22.3 Å². The van der Waals surface area contributed by atoms with E-state index in [9.17, 15) is 0 Å². The summed E-state index contributed by atoms with van der Waals surface area (Å²) in [7, 11) is 0. The predicted molar refractivity (Wildman–Crippen MR) is 339 cm³/mol. The number of furan rings is 2.